The number of carbonyl (C=O) groups is 1. The third-order valence-electron chi connectivity index (χ3n) is 2.54. The Balaban J connectivity index is 2.34. The molecule has 1 aromatic carbocycles. The van der Waals surface area contributed by atoms with Crippen LogP contribution in [0.15, 0.2) is 35.7 Å². The van der Waals surface area contributed by atoms with Gasteiger partial charge in [-0.2, -0.15) is 0 Å². The van der Waals surface area contributed by atoms with Gasteiger partial charge in [0.05, 0.1) is 5.69 Å². The molecule has 84 valence electrons. The van der Waals surface area contributed by atoms with E-state index in [0.29, 0.717) is 5.69 Å². The van der Waals surface area contributed by atoms with Gasteiger partial charge in [0.15, 0.2) is 16.4 Å². The molecule has 0 radical (unpaired) electrons. The Hall–Kier alpha value is -1.65. The quantitative estimate of drug-likeness (QED) is 0.662. The number of aromatic nitrogens is 2. The van der Waals surface area contributed by atoms with Crippen molar-refractivity contribution in [2.24, 2.45) is 0 Å². The molecule has 2 aromatic heterocycles. The van der Waals surface area contributed by atoms with Gasteiger partial charge in [-0.15, -0.1) is 11.3 Å². The lowest BCUT2D eigenvalue weighted by atomic mass is 10.2. The molecular weight excluding hydrogens is 256 g/mol. The summed E-state index contributed by atoms with van der Waals surface area (Å²) in [5, 5.41) is 2.23. The molecule has 0 saturated heterocycles. The monoisotopic (exact) mass is 262 g/mol. The van der Waals surface area contributed by atoms with Gasteiger partial charge in [-0.25, -0.2) is 4.98 Å². The van der Waals surface area contributed by atoms with Crippen molar-refractivity contribution >= 4 is 34.2 Å². The molecule has 0 N–H and O–H groups in total. The summed E-state index contributed by atoms with van der Waals surface area (Å²) in [5.74, 6) is 0. The summed E-state index contributed by atoms with van der Waals surface area (Å²) < 4.78 is 1.79. The molecule has 0 aliphatic rings. The van der Waals surface area contributed by atoms with E-state index in [4.69, 9.17) is 11.6 Å². The number of hydrogen-bond acceptors (Lipinski definition) is 3. The fourth-order valence-electron chi connectivity index (χ4n) is 1.77. The minimum Gasteiger partial charge on any atom is -0.296 e. The SMILES string of the molecule is O=Cc1c(Cl)nc2scc(-c3ccccc3)n12. The lowest BCUT2D eigenvalue weighted by molar-refractivity contribution is 0.111. The molecule has 0 unspecified atom stereocenters. The zero-order valence-corrected chi connectivity index (χ0v) is 10.2. The summed E-state index contributed by atoms with van der Waals surface area (Å²) >= 11 is 7.38. The number of thiazole rings is 1. The Labute approximate surface area is 106 Å². The topological polar surface area (TPSA) is 34.4 Å². The summed E-state index contributed by atoms with van der Waals surface area (Å²) in [5.41, 5.74) is 2.38. The first-order valence-electron chi connectivity index (χ1n) is 4.97. The summed E-state index contributed by atoms with van der Waals surface area (Å²) in [6.07, 6.45) is 0.738. The fourth-order valence-corrected chi connectivity index (χ4v) is 2.93. The average Bonchev–Trinajstić information content (AvgIpc) is 2.88. The minimum atomic E-state index is 0.254. The van der Waals surface area contributed by atoms with Crippen molar-refractivity contribution in [2.75, 3.05) is 0 Å². The van der Waals surface area contributed by atoms with Crippen LogP contribution in [-0.4, -0.2) is 15.7 Å². The first-order chi connectivity index (χ1) is 8.31. The number of carbonyl (C=O) groups excluding carboxylic acids is 1. The van der Waals surface area contributed by atoms with Gasteiger partial charge in [0, 0.05) is 5.38 Å². The molecule has 2 heterocycles. The van der Waals surface area contributed by atoms with Crippen LogP contribution in [0.5, 0.6) is 0 Å². The van der Waals surface area contributed by atoms with Crippen molar-refractivity contribution in [3.8, 4) is 11.3 Å². The van der Waals surface area contributed by atoms with E-state index in [1.807, 2.05) is 35.7 Å². The van der Waals surface area contributed by atoms with Gasteiger partial charge in [0.2, 0.25) is 0 Å². The Morgan fingerprint density at radius 1 is 1.29 bits per heavy atom. The van der Waals surface area contributed by atoms with Crippen LogP contribution in [0, 0.1) is 0 Å². The normalized spacial score (nSPS) is 10.9. The lowest BCUT2D eigenvalue weighted by Gasteiger charge is -2.00. The van der Waals surface area contributed by atoms with Crippen molar-refractivity contribution in [1.82, 2.24) is 9.38 Å². The second kappa shape index (κ2) is 3.98. The van der Waals surface area contributed by atoms with Crippen molar-refractivity contribution < 1.29 is 4.79 Å². The molecule has 0 fully saturated rings. The maximum Gasteiger partial charge on any atom is 0.196 e. The van der Waals surface area contributed by atoms with Gasteiger partial charge in [0.1, 0.15) is 5.69 Å². The maximum absolute atomic E-state index is 11.0. The zero-order chi connectivity index (χ0) is 11.8. The molecule has 3 rings (SSSR count). The summed E-state index contributed by atoms with van der Waals surface area (Å²) in [6.45, 7) is 0. The third-order valence-corrected chi connectivity index (χ3v) is 3.64. The van der Waals surface area contributed by atoms with Crippen LogP contribution in [0.2, 0.25) is 5.15 Å². The van der Waals surface area contributed by atoms with Gasteiger partial charge in [-0.3, -0.25) is 9.20 Å². The number of hydrogen-bond donors (Lipinski definition) is 0. The highest BCUT2D eigenvalue weighted by atomic mass is 35.5. The van der Waals surface area contributed by atoms with E-state index in [9.17, 15) is 4.79 Å². The first kappa shape index (κ1) is 10.5. The Kier molecular flexibility index (Phi) is 2.46. The molecule has 0 bridgehead atoms. The fraction of sp³-hybridized carbons (Fsp3) is 0. The third kappa shape index (κ3) is 1.57. The summed E-state index contributed by atoms with van der Waals surface area (Å²) in [7, 11) is 0. The predicted molar refractivity (Wildman–Crippen MR) is 68.9 cm³/mol. The molecular formula is C12H7ClN2OS. The van der Waals surface area contributed by atoms with Gasteiger partial charge >= 0.3 is 0 Å². The first-order valence-corrected chi connectivity index (χ1v) is 6.23. The number of benzene rings is 1. The second-order valence-electron chi connectivity index (χ2n) is 3.51. The van der Waals surface area contributed by atoms with Gasteiger partial charge in [-0.05, 0) is 5.56 Å². The Bertz CT molecular complexity index is 687. The molecule has 17 heavy (non-hydrogen) atoms. The van der Waals surface area contributed by atoms with Crippen molar-refractivity contribution in [3.63, 3.8) is 0 Å². The second-order valence-corrected chi connectivity index (χ2v) is 4.71. The molecule has 0 aliphatic heterocycles. The summed E-state index contributed by atoms with van der Waals surface area (Å²) in [4.78, 5) is 15.9. The van der Waals surface area contributed by atoms with Crippen molar-refractivity contribution in [3.05, 3.63) is 46.6 Å². The zero-order valence-electron chi connectivity index (χ0n) is 8.63. The number of halogens is 1. The molecule has 3 aromatic rings. The highest BCUT2D eigenvalue weighted by Gasteiger charge is 2.15. The molecule has 5 heteroatoms. The van der Waals surface area contributed by atoms with Crippen LogP contribution in [0.1, 0.15) is 10.5 Å². The molecule has 0 atom stereocenters. The van der Waals surface area contributed by atoms with Gasteiger partial charge in [0.25, 0.3) is 0 Å². The average molecular weight is 263 g/mol. The van der Waals surface area contributed by atoms with E-state index >= 15 is 0 Å². The van der Waals surface area contributed by atoms with Crippen LogP contribution >= 0.6 is 22.9 Å². The minimum absolute atomic E-state index is 0.254. The van der Waals surface area contributed by atoms with Crippen molar-refractivity contribution in [1.29, 1.82) is 0 Å². The van der Waals surface area contributed by atoms with Crippen molar-refractivity contribution in [2.45, 2.75) is 0 Å². The van der Waals surface area contributed by atoms with E-state index in [0.717, 1.165) is 22.5 Å². The van der Waals surface area contributed by atoms with E-state index in [-0.39, 0.29) is 5.15 Å². The molecule has 0 saturated carbocycles. The van der Waals surface area contributed by atoms with E-state index < -0.39 is 0 Å². The van der Waals surface area contributed by atoms with E-state index in [2.05, 4.69) is 4.98 Å². The number of rotatable bonds is 2. The highest BCUT2D eigenvalue weighted by Crippen LogP contribution is 2.29. The molecule has 0 aliphatic carbocycles. The molecule has 0 spiro atoms. The number of imidazole rings is 1. The number of fused-ring (bicyclic) bond motifs is 1. The predicted octanol–water partition coefficient (Wildman–Crippen LogP) is 3.53. The molecule has 3 nitrogen and oxygen atoms in total. The smallest absolute Gasteiger partial charge is 0.196 e. The van der Waals surface area contributed by atoms with Crippen LogP contribution in [0.4, 0.5) is 0 Å². The Morgan fingerprint density at radius 2 is 2.06 bits per heavy atom. The largest absolute Gasteiger partial charge is 0.296 e. The van der Waals surface area contributed by atoms with Gasteiger partial charge in [-0.1, -0.05) is 41.9 Å². The highest BCUT2D eigenvalue weighted by molar-refractivity contribution is 7.15. The Morgan fingerprint density at radius 3 is 2.76 bits per heavy atom. The van der Waals surface area contributed by atoms with Crippen LogP contribution in [0.3, 0.4) is 0 Å². The number of nitrogens with zero attached hydrogens (tertiary/aromatic N) is 2. The van der Waals surface area contributed by atoms with E-state index in [1.165, 1.54) is 11.3 Å². The standard InChI is InChI=1S/C12H7ClN2OS/c13-11-9(6-16)15-10(7-17-12(15)14-11)8-4-2-1-3-5-8/h1-7H. The number of aldehydes is 1. The van der Waals surface area contributed by atoms with E-state index in [1.54, 1.807) is 4.40 Å². The van der Waals surface area contributed by atoms with Gasteiger partial charge < -0.3 is 0 Å². The molecule has 0 amide bonds. The van der Waals surface area contributed by atoms with Crippen LogP contribution in [0.25, 0.3) is 16.2 Å². The van der Waals surface area contributed by atoms with Crippen LogP contribution < -0.4 is 0 Å². The summed E-state index contributed by atoms with van der Waals surface area (Å²) in [6, 6.07) is 9.85. The lowest BCUT2D eigenvalue weighted by Crippen LogP contribution is -1.91. The maximum atomic E-state index is 11.0. The van der Waals surface area contributed by atoms with Crippen LogP contribution in [-0.2, 0) is 0 Å².